The van der Waals surface area contributed by atoms with Crippen molar-refractivity contribution in [3.63, 3.8) is 0 Å². The van der Waals surface area contributed by atoms with Gasteiger partial charge in [-0.1, -0.05) is 51.4 Å². The molecule has 0 amide bonds. The first-order chi connectivity index (χ1) is 4.00. The average Bonchev–Trinajstić information content (AvgIpc) is 1.62. The summed E-state index contributed by atoms with van der Waals surface area (Å²) in [5.74, 6) is 0. The van der Waals surface area contributed by atoms with Crippen LogP contribution in [0.2, 0.25) is 0 Å². The molecule has 11 heavy (non-hydrogen) atoms. The van der Waals surface area contributed by atoms with Crippen molar-refractivity contribution in [3.05, 3.63) is 0 Å². The maximum atomic E-state index is 1.50. The van der Waals surface area contributed by atoms with Crippen LogP contribution < -0.4 is 24.8 Å². The molecule has 1 aliphatic rings. The zero-order valence-corrected chi connectivity index (χ0v) is 9.90. The molecule has 0 saturated heterocycles. The molecule has 1 aliphatic carbocycles. The first kappa shape index (κ1) is 18.1. The molecule has 0 aromatic heterocycles. The van der Waals surface area contributed by atoms with Crippen LogP contribution in [-0.2, 0) is 19.5 Å². The topological polar surface area (TPSA) is 0 Å². The molecule has 0 N–H and O–H groups in total. The Kier molecular flexibility index (Phi) is 22.6. The Morgan fingerprint density at radius 2 is 0.455 bits per heavy atom. The van der Waals surface area contributed by atoms with Gasteiger partial charge in [-0.05, 0) is 0 Å². The van der Waals surface area contributed by atoms with E-state index in [2.05, 4.69) is 0 Å². The Morgan fingerprint density at radius 1 is 0.364 bits per heavy atom. The molecule has 1 fully saturated rings. The van der Waals surface area contributed by atoms with E-state index >= 15 is 0 Å². The Balaban J connectivity index is -0.000000213. The van der Waals surface area contributed by atoms with Gasteiger partial charge in [0.2, 0.25) is 0 Å². The van der Waals surface area contributed by atoms with Gasteiger partial charge in [0.05, 0.1) is 0 Å². The van der Waals surface area contributed by atoms with E-state index in [1.807, 2.05) is 0 Å². The molecule has 0 aliphatic heterocycles. The van der Waals surface area contributed by atoms with Gasteiger partial charge in [0.15, 0.2) is 0 Å². The SMILES string of the molecule is C1CCCCCCC1.[Cl-].[Cl-].[Rh+2]. The van der Waals surface area contributed by atoms with E-state index in [9.17, 15) is 0 Å². The van der Waals surface area contributed by atoms with E-state index < -0.39 is 0 Å². The van der Waals surface area contributed by atoms with Crippen LogP contribution in [0.25, 0.3) is 0 Å². The summed E-state index contributed by atoms with van der Waals surface area (Å²) in [4.78, 5) is 0. The van der Waals surface area contributed by atoms with Crippen molar-refractivity contribution < 1.29 is 44.3 Å². The van der Waals surface area contributed by atoms with Gasteiger partial charge in [-0.3, -0.25) is 0 Å². The zero-order valence-electron chi connectivity index (χ0n) is 6.75. The summed E-state index contributed by atoms with van der Waals surface area (Å²) >= 11 is 0. The van der Waals surface area contributed by atoms with E-state index in [0.717, 1.165) is 0 Å². The first-order valence-electron chi connectivity index (χ1n) is 4.00. The fraction of sp³-hybridized carbons (Fsp3) is 1.00. The van der Waals surface area contributed by atoms with Gasteiger partial charge in [0.25, 0.3) is 0 Å². The maximum Gasteiger partial charge on any atom is 2.00 e. The normalized spacial score (nSPS) is 17.5. The average molecular weight is 286 g/mol. The molecule has 3 heteroatoms. The van der Waals surface area contributed by atoms with E-state index in [0.29, 0.717) is 0 Å². The van der Waals surface area contributed by atoms with Crippen molar-refractivity contribution in [1.29, 1.82) is 0 Å². The predicted octanol–water partition coefficient (Wildman–Crippen LogP) is -2.87. The molecular formula is C8H16Cl2Rh. The summed E-state index contributed by atoms with van der Waals surface area (Å²) in [6.45, 7) is 0. The molecule has 1 saturated carbocycles. The van der Waals surface area contributed by atoms with Crippen molar-refractivity contribution in [2.45, 2.75) is 51.4 Å². The van der Waals surface area contributed by atoms with Crippen molar-refractivity contribution in [2.75, 3.05) is 0 Å². The van der Waals surface area contributed by atoms with Gasteiger partial charge in [0, 0.05) is 0 Å². The molecule has 1 rings (SSSR count). The minimum absolute atomic E-state index is 0. The van der Waals surface area contributed by atoms with Crippen LogP contribution in [0.4, 0.5) is 0 Å². The van der Waals surface area contributed by atoms with Crippen LogP contribution in [0, 0.1) is 0 Å². The fourth-order valence-corrected chi connectivity index (χ4v) is 1.41. The third-order valence-corrected chi connectivity index (χ3v) is 2.00. The zero-order chi connectivity index (χ0) is 5.66. The van der Waals surface area contributed by atoms with Gasteiger partial charge in [-0.15, -0.1) is 0 Å². The third kappa shape index (κ3) is 11.2. The summed E-state index contributed by atoms with van der Waals surface area (Å²) in [7, 11) is 0. The van der Waals surface area contributed by atoms with Gasteiger partial charge >= 0.3 is 19.5 Å². The second-order valence-electron chi connectivity index (χ2n) is 2.83. The summed E-state index contributed by atoms with van der Waals surface area (Å²) in [5.41, 5.74) is 0. The van der Waals surface area contributed by atoms with Gasteiger partial charge in [-0.25, -0.2) is 0 Å². The standard InChI is InChI=1S/C8H16.2ClH.Rh/c1-2-4-6-8-7-5-3-1;;;/h1-8H2;2*1H;/q;;;+2/p-2. The summed E-state index contributed by atoms with van der Waals surface area (Å²) < 4.78 is 0. The third-order valence-electron chi connectivity index (χ3n) is 2.00. The Bertz CT molecular complexity index is 36.1. The van der Waals surface area contributed by atoms with Crippen LogP contribution in [0.15, 0.2) is 0 Å². The molecule has 0 nitrogen and oxygen atoms in total. The van der Waals surface area contributed by atoms with E-state index in [1.54, 1.807) is 0 Å². The summed E-state index contributed by atoms with van der Waals surface area (Å²) in [6, 6.07) is 0. The summed E-state index contributed by atoms with van der Waals surface area (Å²) in [6.07, 6.45) is 12.0. The van der Waals surface area contributed by atoms with Crippen molar-refractivity contribution in [3.8, 4) is 0 Å². The largest absolute Gasteiger partial charge is 2.00 e. The fourth-order valence-electron chi connectivity index (χ4n) is 1.41. The number of rotatable bonds is 0. The number of hydrogen-bond donors (Lipinski definition) is 0. The minimum atomic E-state index is 0. The van der Waals surface area contributed by atoms with Crippen molar-refractivity contribution in [2.24, 2.45) is 0 Å². The van der Waals surface area contributed by atoms with Gasteiger partial charge < -0.3 is 24.8 Å². The molecule has 71 valence electrons. The molecule has 0 aromatic carbocycles. The molecule has 0 atom stereocenters. The minimum Gasteiger partial charge on any atom is -1.00 e. The van der Waals surface area contributed by atoms with Crippen molar-refractivity contribution >= 4 is 0 Å². The maximum absolute atomic E-state index is 1.50. The number of halogens is 2. The molecule has 0 heterocycles. The summed E-state index contributed by atoms with van der Waals surface area (Å²) in [5, 5.41) is 0. The van der Waals surface area contributed by atoms with Crippen LogP contribution in [0.1, 0.15) is 51.4 Å². The van der Waals surface area contributed by atoms with Gasteiger partial charge in [0.1, 0.15) is 0 Å². The van der Waals surface area contributed by atoms with Crippen LogP contribution in [-0.4, -0.2) is 0 Å². The Morgan fingerprint density at radius 3 is 0.545 bits per heavy atom. The quantitative estimate of drug-likeness (QED) is 0.420. The van der Waals surface area contributed by atoms with E-state index in [-0.39, 0.29) is 44.3 Å². The smallest absolute Gasteiger partial charge is 1.00 e. The van der Waals surface area contributed by atoms with E-state index in [4.69, 9.17) is 0 Å². The molecule has 0 aromatic rings. The second-order valence-corrected chi connectivity index (χ2v) is 2.83. The Hall–Kier alpha value is 1.20. The molecule has 1 radical (unpaired) electrons. The van der Waals surface area contributed by atoms with Gasteiger partial charge in [-0.2, -0.15) is 0 Å². The van der Waals surface area contributed by atoms with Crippen LogP contribution in [0.3, 0.4) is 0 Å². The molecular weight excluding hydrogens is 270 g/mol. The van der Waals surface area contributed by atoms with Crippen LogP contribution >= 0.6 is 0 Å². The van der Waals surface area contributed by atoms with Crippen molar-refractivity contribution in [1.82, 2.24) is 0 Å². The predicted molar refractivity (Wildman–Crippen MR) is 36.9 cm³/mol. The first-order valence-corrected chi connectivity index (χ1v) is 4.00. The van der Waals surface area contributed by atoms with E-state index in [1.165, 1.54) is 51.4 Å². The molecule has 0 spiro atoms. The molecule has 0 unspecified atom stereocenters. The Labute approximate surface area is 95.5 Å². The monoisotopic (exact) mass is 285 g/mol. The second kappa shape index (κ2) is 13.8. The molecule has 0 bridgehead atoms. The number of hydrogen-bond acceptors (Lipinski definition) is 0. The van der Waals surface area contributed by atoms with Crippen LogP contribution in [0.5, 0.6) is 0 Å².